The van der Waals surface area contributed by atoms with Crippen molar-refractivity contribution in [2.45, 2.75) is 70.1 Å². The maximum Gasteiger partial charge on any atom is 0.268 e. The van der Waals surface area contributed by atoms with Crippen LogP contribution >= 0.6 is 0 Å². The summed E-state index contributed by atoms with van der Waals surface area (Å²) < 4.78 is 30.6. The summed E-state index contributed by atoms with van der Waals surface area (Å²) in [6.07, 6.45) is 4.22. The van der Waals surface area contributed by atoms with Gasteiger partial charge in [0.1, 0.15) is 28.9 Å². The molecule has 230 valence electrons. The summed E-state index contributed by atoms with van der Waals surface area (Å²) in [6, 6.07) is 2.31. The third-order valence-electron chi connectivity index (χ3n) is 8.11. The zero-order valence-corrected chi connectivity index (χ0v) is 24.6. The van der Waals surface area contributed by atoms with Gasteiger partial charge in [-0.15, -0.1) is 0 Å². The van der Waals surface area contributed by atoms with Gasteiger partial charge >= 0.3 is 0 Å². The molecule has 2 heterocycles. The lowest BCUT2D eigenvalue weighted by molar-refractivity contribution is -0.129. The molecule has 3 fully saturated rings. The number of nitrogens with zero attached hydrogens (tertiary/aromatic N) is 2. The van der Waals surface area contributed by atoms with Crippen molar-refractivity contribution in [1.29, 1.82) is 0 Å². The zero-order valence-electron chi connectivity index (χ0n) is 24.6. The summed E-state index contributed by atoms with van der Waals surface area (Å²) in [5.74, 6) is -2.15. The number of hydrogen-bond acceptors (Lipinski definition) is 8. The molecule has 2 saturated heterocycles. The van der Waals surface area contributed by atoms with E-state index in [1.807, 2.05) is 4.90 Å². The number of morpholine rings is 1. The van der Waals surface area contributed by atoms with E-state index in [0.29, 0.717) is 38.5 Å². The summed E-state index contributed by atoms with van der Waals surface area (Å²) >= 11 is 0. The van der Waals surface area contributed by atoms with Gasteiger partial charge in [-0.3, -0.25) is 24.1 Å². The summed E-state index contributed by atoms with van der Waals surface area (Å²) in [4.78, 5) is 58.5. The molecular weight excluding hydrogens is 547 g/mol. The van der Waals surface area contributed by atoms with Crippen molar-refractivity contribution in [1.82, 2.24) is 15.5 Å². The van der Waals surface area contributed by atoms with Crippen LogP contribution < -0.4 is 15.4 Å². The van der Waals surface area contributed by atoms with Crippen LogP contribution in [0, 0.1) is 11.7 Å². The largest absolute Gasteiger partial charge is 0.497 e. The highest BCUT2D eigenvalue weighted by Gasteiger charge is 2.50. The molecule has 0 unspecified atom stereocenters. The monoisotopic (exact) mass is 588 g/mol. The Labute approximate surface area is 245 Å². The summed E-state index contributed by atoms with van der Waals surface area (Å²) in [5, 5.41) is 5.41. The lowest BCUT2D eigenvalue weighted by Crippen LogP contribution is -2.50. The zero-order chi connectivity index (χ0) is 30.3. The van der Waals surface area contributed by atoms with Crippen LogP contribution in [0.25, 0.3) is 0 Å². The lowest BCUT2D eigenvalue weighted by atomic mass is 9.90. The van der Waals surface area contributed by atoms with Gasteiger partial charge in [0.15, 0.2) is 5.78 Å². The van der Waals surface area contributed by atoms with Gasteiger partial charge in [0.2, 0.25) is 5.91 Å². The molecule has 0 aromatic heterocycles. The van der Waals surface area contributed by atoms with Gasteiger partial charge in [-0.2, -0.15) is 0 Å². The normalized spacial score (nSPS) is 22.7. The molecule has 3 atom stereocenters. The molecule has 3 amide bonds. The molecule has 3 aliphatic rings. The molecule has 2 aliphatic heterocycles. The molecule has 1 aliphatic carbocycles. The number of rotatable bonds is 13. The third-order valence-corrected chi connectivity index (χ3v) is 8.11. The number of ether oxygens (including phenoxy) is 3. The first-order valence-electron chi connectivity index (χ1n) is 14.6. The van der Waals surface area contributed by atoms with Crippen molar-refractivity contribution in [3.05, 3.63) is 29.6 Å². The first-order valence-corrected chi connectivity index (χ1v) is 14.6. The molecule has 11 nitrogen and oxygen atoms in total. The van der Waals surface area contributed by atoms with Crippen LogP contribution in [0.5, 0.6) is 5.75 Å². The number of benzene rings is 1. The van der Waals surface area contributed by atoms with E-state index in [0.717, 1.165) is 25.7 Å². The van der Waals surface area contributed by atoms with Crippen LogP contribution in [-0.2, 0) is 35.1 Å². The summed E-state index contributed by atoms with van der Waals surface area (Å²) in [5.41, 5.74) is -1.09. The fourth-order valence-corrected chi connectivity index (χ4v) is 5.36. The molecule has 12 heteroatoms. The molecular formula is C30H41FN4O7. The fraction of sp³-hybridized carbons (Fsp3) is 0.633. The Hall–Kier alpha value is -3.22. The number of carbonyl (C=O) groups excluding carboxylic acids is 4. The van der Waals surface area contributed by atoms with Gasteiger partial charge in [0.25, 0.3) is 11.8 Å². The predicted octanol–water partition coefficient (Wildman–Crippen LogP) is 1.60. The fourth-order valence-electron chi connectivity index (χ4n) is 5.36. The van der Waals surface area contributed by atoms with Gasteiger partial charge < -0.3 is 24.8 Å². The molecule has 1 aromatic rings. The number of carbonyl (C=O) groups is 4. The Morgan fingerprint density at radius 3 is 2.48 bits per heavy atom. The number of amides is 3. The topological polar surface area (TPSA) is 139 Å². The highest BCUT2D eigenvalue weighted by Crippen LogP contribution is 2.33. The SMILES string of the molecule is COc1ccc(CC(=NC(=O)[C@H](C)NC(=O)CN2CCOCC2)C(=O)N[C@@H](CC2CCCC2)C(=O)[C@@]2(C)CO2)c(F)c1. The first-order chi connectivity index (χ1) is 20.1. The minimum absolute atomic E-state index is 0.0981. The van der Waals surface area contributed by atoms with E-state index < -0.39 is 35.3 Å². The Morgan fingerprint density at radius 1 is 1.17 bits per heavy atom. The Balaban J connectivity index is 1.52. The van der Waals surface area contributed by atoms with Crippen LogP contribution in [0.2, 0.25) is 0 Å². The summed E-state index contributed by atoms with van der Waals surface area (Å²) in [6.45, 7) is 5.82. The van der Waals surface area contributed by atoms with Crippen molar-refractivity contribution in [2.75, 3.05) is 46.6 Å². The van der Waals surface area contributed by atoms with Gasteiger partial charge in [0, 0.05) is 25.6 Å². The molecule has 0 bridgehead atoms. The van der Waals surface area contributed by atoms with Crippen LogP contribution in [0.15, 0.2) is 23.2 Å². The quantitative estimate of drug-likeness (QED) is 0.262. The third kappa shape index (κ3) is 8.65. The number of hydrogen-bond donors (Lipinski definition) is 2. The second-order valence-electron chi connectivity index (χ2n) is 11.5. The minimum atomic E-state index is -1.03. The average Bonchev–Trinajstić information content (AvgIpc) is 3.51. The molecule has 42 heavy (non-hydrogen) atoms. The number of epoxide rings is 1. The molecule has 4 rings (SSSR count). The Morgan fingerprint density at radius 2 is 1.86 bits per heavy atom. The lowest BCUT2D eigenvalue weighted by Gasteiger charge is -2.26. The maximum absolute atomic E-state index is 14.9. The van der Waals surface area contributed by atoms with E-state index in [1.165, 1.54) is 26.2 Å². The number of ketones is 1. The molecule has 1 saturated carbocycles. The smallest absolute Gasteiger partial charge is 0.268 e. The van der Waals surface area contributed by atoms with E-state index in [4.69, 9.17) is 14.2 Å². The number of methoxy groups -OCH3 is 1. The van der Waals surface area contributed by atoms with Crippen molar-refractivity contribution in [3.63, 3.8) is 0 Å². The number of aliphatic imine (C=N–C) groups is 1. The molecule has 0 radical (unpaired) electrons. The van der Waals surface area contributed by atoms with E-state index in [1.54, 1.807) is 13.0 Å². The number of nitrogens with one attached hydrogen (secondary N) is 2. The van der Waals surface area contributed by atoms with E-state index in [2.05, 4.69) is 15.6 Å². The first kappa shape index (κ1) is 31.7. The number of Topliss-reactive ketones (excluding diaryl/α,β-unsaturated/α-hetero) is 1. The van der Waals surface area contributed by atoms with Crippen LogP contribution in [-0.4, -0.2) is 98.4 Å². The maximum atomic E-state index is 14.9. The van der Waals surface area contributed by atoms with Crippen molar-refractivity contribution >= 4 is 29.2 Å². The second kappa shape index (κ2) is 14.3. The van der Waals surface area contributed by atoms with Crippen molar-refractivity contribution in [3.8, 4) is 5.75 Å². The minimum Gasteiger partial charge on any atom is -0.497 e. The van der Waals surface area contributed by atoms with Crippen molar-refractivity contribution < 1.29 is 37.8 Å². The highest BCUT2D eigenvalue weighted by molar-refractivity contribution is 6.41. The highest BCUT2D eigenvalue weighted by atomic mass is 19.1. The van der Waals surface area contributed by atoms with E-state index in [9.17, 15) is 23.6 Å². The van der Waals surface area contributed by atoms with Crippen LogP contribution in [0.1, 0.15) is 51.5 Å². The van der Waals surface area contributed by atoms with Crippen LogP contribution in [0.4, 0.5) is 4.39 Å². The van der Waals surface area contributed by atoms with E-state index in [-0.39, 0.29) is 48.5 Å². The van der Waals surface area contributed by atoms with Gasteiger partial charge in [0.05, 0.1) is 39.5 Å². The standard InChI is InChI=1S/C30H41FN4O7/c1-19(32-26(36)17-35-10-12-41-13-11-35)28(38)34-25(15-21-8-9-22(40-3)16-23(21)31)29(39)33-24(14-20-6-4-5-7-20)27(37)30(2)18-42-30/h8-9,16,19-20,24H,4-7,10-15,17-18H2,1-3H3,(H,32,36)(H,33,39)/t19-,24-,30+/m0/s1. The molecule has 1 aromatic carbocycles. The van der Waals surface area contributed by atoms with E-state index >= 15 is 0 Å². The van der Waals surface area contributed by atoms with Gasteiger partial charge in [-0.1, -0.05) is 31.7 Å². The number of halogens is 1. The Bertz CT molecular complexity index is 1190. The Kier molecular flexibility index (Phi) is 10.8. The second-order valence-corrected chi connectivity index (χ2v) is 11.5. The molecule has 2 N–H and O–H groups in total. The van der Waals surface area contributed by atoms with Gasteiger partial charge in [-0.25, -0.2) is 9.38 Å². The van der Waals surface area contributed by atoms with Crippen molar-refractivity contribution in [2.24, 2.45) is 10.9 Å². The van der Waals surface area contributed by atoms with Gasteiger partial charge in [-0.05, 0) is 37.8 Å². The van der Waals surface area contributed by atoms with Crippen LogP contribution in [0.3, 0.4) is 0 Å². The summed E-state index contributed by atoms with van der Waals surface area (Å²) in [7, 11) is 1.41. The molecule has 0 spiro atoms. The average molecular weight is 589 g/mol. The predicted molar refractivity (Wildman–Crippen MR) is 152 cm³/mol.